The number of rotatable bonds is 6. The molecule has 0 bridgehead atoms. The molecule has 1 N–H and O–H groups in total. The molecule has 2 fully saturated rings. The summed E-state index contributed by atoms with van der Waals surface area (Å²) in [5.41, 5.74) is 5.71. The first-order chi connectivity index (χ1) is 17.4. The maximum atomic E-state index is 13.7. The Bertz CT molecular complexity index is 1570. The smallest absolute Gasteiger partial charge is 0.256 e. The molecule has 0 radical (unpaired) electrons. The summed E-state index contributed by atoms with van der Waals surface area (Å²) in [7, 11) is -3.08. The van der Waals surface area contributed by atoms with Gasteiger partial charge in [0.05, 0.1) is 34.2 Å². The van der Waals surface area contributed by atoms with Gasteiger partial charge < -0.3 is 5.32 Å². The number of fused-ring (bicyclic) bond motifs is 1. The van der Waals surface area contributed by atoms with E-state index >= 15 is 0 Å². The minimum absolute atomic E-state index is 0.0624. The van der Waals surface area contributed by atoms with E-state index in [9.17, 15) is 13.2 Å². The van der Waals surface area contributed by atoms with Gasteiger partial charge in [-0.3, -0.25) is 4.79 Å². The topological polar surface area (TPSA) is 93.9 Å². The van der Waals surface area contributed by atoms with Crippen molar-refractivity contribution < 1.29 is 13.2 Å². The molecule has 2 aliphatic rings. The lowest BCUT2D eigenvalue weighted by molar-refractivity contribution is 0.102. The minimum atomic E-state index is -3.08. The second-order valence-electron chi connectivity index (χ2n) is 9.93. The van der Waals surface area contributed by atoms with Gasteiger partial charge in [-0.25, -0.2) is 18.1 Å². The zero-order valence-corrected chi connectivity index (χ0v) is 21.0. The summed E-state index contributed by atoms with van der Waals surface area (Å²) in [5.74, 6) is 0.354. The SMILES string of the molecule is Cc1nn([C@H]2CCS(=O)(=O)C2)c2nc(C3CC3)cc(C(=O)Nc3ccccc3Cc3ccccc3)c12. The zero-order valence-electron chi connectivity index (χ0n) is 20.1. The molecule has 1 amide bonds. The second kappa shape index (κ2) is 8.85. The molecule has 2 aromatic heterocycles. The van der Waals surface area contributed by atoms with Crippen LogP contribution < -0.4 is 5.32 Å². The highest BCUT2D eigenvalue weighted by molar-refractivity contribution is 7.91. The summed E-state index contributed by atoms with van der Waals surface area (Å²) in [6.07, 6.45) is 3.32. The number of para-hydroxylation sites is 1. The van der Waals surface area contributed by atoms with E-state index in [1.165, 1.54) is 5.56 Å². The fourth-order valence-corrected chi connectivity index (χ4v) is 6.82. The van der Waals surface area contributed by atoms with E-state index in [1.807, 2.05) is 55.5 Å². The number of nitrogens with one attached hydrogen (secondary N) is 1. The van der Waals surface area contributed by atoms with Crippen LogP contribution in [0.2, 0.25) is 0 Å². The molecule has 1 saturated carbocycles. The maximum absolute atomic E-state index is 13.7. The van der Waals surface area contributed by atoms with Crippen LogP contribution in [-0.4, -0.2) is 40.6 Å². The molecule has 36 heavy (non-hydrogen) atoms. The Labute approximate surface area is 210 Å². The summed E-state index contributed by atoms with van der Waals surface area (Å²) in [4.78, 5) is 18.6. The number of anilines is 1. The summed E-state index contributed by atoms with van der Waals surface area (Å²) in [6, 6.07) is 19.7. The number of aromatic nitrogens is 3. The van der Waals surface area contributed by atoms with Crippen molar-refractivity contribution in [1.82, 2.24) is 14.8 Å². The molecule has 4 aromatic rings. The van der Waals surface area contributed by atoms with Gasteiger partial charge in [0.15, 0.2) is 15.5 Å². The average Bonchev–Trinajstić information content (AvgIpc) is 3.58. The number of hydrogen-bond donors (Lipinski definition) is 1. The summed E-state index contributed by atoms with van der Waals surface area (Å²) < 4.78 is 26.1. The van der Waals surface area contributed by atoms with Crippen LogP contribution in [0.3, 0.4) is 0 Å². The van der Waals surface area contributed by atoms with Crippen LogP contribution in [0.5, 0.6) is 0 Å². The van der Waals surface area contributed by atoms with E-state index in [1.54, 1.807) is 4.68 Å². The van der Waals surface area contributed by atoms with Gasteiger partial charge in [0.2, 0.25) is 0 Å². The number of benzene rings is 2. The summed E-state index contributed by atoms with van der Waals surface area (Å²) >= 11 is 0. The van der Waals surface area contributed by atoms with Crippen molar-refractivity contribution in [2.24, 2.45) is 0 Å². The summed E-state index contributed by atoms with van der Waals surface area (Å²) in [5, 5.41) is 8.53. The number of carbonyl (C=O) groups is 1. The molecule has 6 rings (SSSR count). The van der Waals surface area contributed by atoms with Crippen molar-refractivity contribution in [3.63, 3.8) is 0 Å². The lowest BCUT2D eigenvalue weighted by atomic mass is 10.0. The van der Waals surface area contributed by atoms with Crippen LogP contribution in [0.25, 0.3) is 11.0 Å². The maximum Gasteiger partial charge on any atom is 0.256 e. The van der Waals surface area contributed by atoms with Crippen LogP contribution in [0.1, 0.15) is 64.1 Å². The van der Waals surface area contributed by atoms with Crippen LogP contribution in [0.15, 0.2) is 60.7 Å². The van der Waals surface area contributed by atoms with Crippen molar-refractivity contribution in [2.75, 3.05) is 16.8 Å². The quantitative estimate of drug-likeness (QED) is 0.410. The lowest BCUT2D eigenvalue weighted by Gasteiger charge is -2.14. The van der Waals surface area contributed by atoms with E-state index < -0.39 is 9.84 Å². The fourth-order valence-electron chi connectivity index (χ4n) is 5.12. The molecule has 1 saturated heterocycles. The van der Waals surface area contributed by atoms with Gasteiger partial charge >= 0.3 is 0 Å². The third-order valence-corrected chi connectivity index (χ3v) is 8.90. The van der Waals surface area contributed by atoms with Gasteiger partial charge in [-0.2, -0.15) is 5.10 Å². The number of sulfone groups is 1. The molecule has 1 aliphatic heterocycles. The molecule has 1 atom stereocenters. The van der Waals surface area contributed by atoms with Gasteiger partial charge in [0, 0.05) is 17.3 Å². The molecular weight excluding hydrogens is 472 g/mol. The summed E-state index contributed by atoms with van der Waals surface area (Å²) in [6.45, 7) is 1.86. The number of aryl methyl sites for hydroxylation is 1. The second-order valence-corrected chi connectivity index (χ2v) is 12.2. The minimum Gasteiger partial charge on any atom is -0.322 e. The molecule has 8 heteroatoms. The highest BCUT2D eigenvalue weighted by Crippen LogP contribution is 2.41. The lowest BCUT2D eigenvalue weighted by Crippen LogP contribution is -2.16. The normalized spacial score (nSPS) is 19.0. The Hall–Kier alpha value is -3.52. The molecular formula is C28H28N4O3S. The number of hydrogen-bond acceptors (Lipinski definition) is 5. The van der Waals surface area contributed by atoms with Gasteiger partial charge in [0.1, 0.15) is 0 Å². The van der Waals surface area contributed by atoms with Gasteiger partial charge in [-0.05, 0) is 55.9 Å². The van der Waals surface area contributed by atoms with Crippen molar-refractivity contribution >= 4 is 32.5 Å². The standard InChI is InChI=1S/C28H28N4O3S/c1-18-26-23(28(33)30-24-10-6-5-9-21(24)15-19-7-3-2-4-8-19)16-25(20-11-12-20)29-27(26)32(31-18)22-13-14-36(34,35)17-22/h2-10,16,20,22H,11-15,17H2,1H3,(H,30,33)/t22-/m0/s1. The molecule has 184 valence electrons. The molecule has 0 unspecified atom stereocenters. The van der Waals surface area contributed by atoms with Crippen LogP contribution >= 0.6 is 0 Å². The first-order valence-electron chi connectivity index (χ1n) is 12.4. The highest BCUT2D eigenvalue weighted by atomic mass is 32.2. The molecule has 1 aliphatic carbocycles. The van der Waals surface area contributed by atoms with Gasteiger partial charge in [-0.1, -0.05) is 48.5 Å². The average molecular weight is 501 g/mol. The van der Waals surface area contributed by atoms with E-state index in [-0.39, 0.29) is 23.5 Å². The van der Waals surface area contributed by atoms with E-state index in [0.717, 1.165) is 29.8 Å². The third kappa shape index (κ3) is 4.41. The Kier molecular flexibility index (Phi) is 5.63. The van der Waals surface area contributed by atoms with Gasteiger partial charge in [0.25, 0.3) is 5.91 Å². The van der Waals surface area contributed by atoms with Crippen molar-refractivity contribution in [3.8, 4) is 0 Å². The number of carbonyl (C=O) groups excluding carboxylic acids is 1. The predicted molar refractivity (Wildman–Crippen MR) is 140 cm³/mol. The van der Waals surface area contributed by atoms with Crippen LogP contribution in [0.4, 0.5) is 5.69 Å². The molecule has 3 heterocycles. The molecule has 7 nitrogen and oxygen atoms in total. The zero-order chi connectivity index (χ0) is 24.9. The monoisotopic (exact) mass is 500 g/mol. The van der Waals surface area contributed by atoms with Crippen molar-refractivity contribution in [2.45, 2.75) is 44.6 Å². The Morgan fingerprint density at radius 2 is 1.81 bits per heavy atom. The number of nitrogens with zero attached hydrogens (tertiary/aromatic N) is 3. The largest absolute Gasteiger partial charge is 0.322 e. The predicted octanol–water partition coefficient (Wildman–Crippen LogP) is 4.82. The first-order valence-corrected chi connectivity index (χ1v) is 14.2. The number of pyridine rings is 1. The highest BCUT2D eigenvalue weighted by Gasteiger charge is 2.34. The molecule has 2 aromatic carbocycles. The first kappa shape index (κ1) is 22.9. The van der Waals surface area contributed by atoms with Crippen LogP contribution in [0, 0.1) is 6.92 Å². The Balaban J connectivity index is 1.39. The van der Waals surface area contributed by atoms with Crippen LogP contribution in [-0.2, 0) is 16.3 Å². The third-order valence-electron chi connectivity index (χ3n) is 7.15. The van der Waals surface area contributed by atoms with Crippen molar-refractivity contribution in [3.05, 3.63) is 88.7 Å². The Morgan fingerprint density at radius 1 is 1.06 bits per heavy atom. The number of amides is 1. The van der Waals surface area contributed by atoms with E-state index in [2.05, 4.69) is 17.4 Å². The van der Waals surface area contributed by atoms with Gasteiger partial charge in [-0.15, -0.1) is 0 Å². The van der Waals surface area contributed by atoms with E-state index in [0.29, 0.717) is 41.1 Å². The molecule has 0 spiro atoms. The van der Waals surface area contributed by atoms with Crippen molar-refractivity contribution in [1.29, 1.82) is 0 Å². The Morgan fingerprint density at radius 3 is 2.53 bits per heavy atom. The fraction of sp³-hybridized carbons (Fsp3) is 0.321. The van der Waals surface area contributed by atoms with E-state index in [4.69, 9.17) is 10.1 Å².